The van der Waals surface area contributed by atoms with Gasteiger partial charge in [-0.1, -0.05) is 25.4 Å². The molecule has 19 heavy (non-hydrogen) atoms. The summed E-state index contributed by atoms with van der Waals surface area (Å²) >= 11 is 6.16. The zero-order chi connectivity index (χ0) is 13.6. The highest BCUT2D eigenvalue weighted by molar-refractivity contribution is 6.30. The third-order valence-corrected chi connectivity index (χ3v) is 4.79. The summed E-state index contributed by atoms with van der Waals surface area (Å²) in [6.07, 6.45) is 3.38. The minimum absolute atomic E-state index is 0.556. The Kier molecular flexibility index (Phi) is 3.26. The Morgan fingerprint density at radius 1 is 1.42 bits per heavy atom. The van der Waals surface area contributed by atoms with Gasteiger partial charge in [-0.05, 0) is 47.9 Å². The van der Waals surface area contributed by atoms with Gasteiger partial charge in [0, 0.05) is 17.9 Å². The lowest BCUT2D eigenvalue weighted by molar-refractivity contribution is -0.0862. The molecule has 1 saturated carbocycles. The Morgan fingerprint density at radius 3 is 2.84 bits per heavy atom. The van der Waals surface area contributed by atoms with Gasteiger partial charge in [0.15, 0.2) is 0 Å². The number of rotatable bonds is 3. The molecule has 1 aromatic carbocycles. The van der Waals surface area contributed by atoms with Gasteiger partial charge in [0.05, 0.1) is 12.2 Å². The lowest BCUT2D eigenvalue weighted by Gasteiger charge is -2.46. The lowest BCUT2D eigenvalue weighted by atomic mass is 9.64. The Bertz CT molecular complexity index is 490. The van der Waals surface area contributed by atoms with Gasteiger partial charge < -0.3 is 9.84 Å². The molecule has 0 amide bonds. The van der Waals surface area contributed by atoms with Gasteiger partial charge in [0.25, 0.3) is 0 Å². The summed E-state index contributed by atoms with van der Waals surface area (Å²) < 4.78 is 5.70. The molecule has 3 heteroatoms. The summed E-state index contributed by atoms with van der Waals surface area (Å²) in [7, 11) is 0. The van der Waals surface area contributed by atoms with E-state index < -0.39 is 5.60 Å². The molecule has 0 unspecified atom stereocenters. The van der Waals surface area contributed by atoms with Crippen LogP contribution in [0.25, 0.3) is 0 Å². The molecule has 0 spiro atoms. The van der Waals surface area contributed by atoms with Crippen LogP contribution < -0.4 is 4.74 Å². The summed E-state index contributed by atoms with van der Waals surface area (Å²) in [6.45, 7) is 5.19. The summed E-state index contributed by atoms with van der Waals surface area (Å²) in [5.41, 5.74) is 1.70. The quantitative estimate of drug-likeness (QED) is 0.916. The van der Waals surface area contributed by atoms with Crippen molar-refractivity contribution in [1.82, 2.24) is 0 Å². The highest BCUT2D eigenvalue weighted by atomic mass is 35.5. The van der Waals surface area contributed by atoms with E-state index in [1.54, 1.807) is 0 Å². The second-order valence-corrected chi connectivity index (χ2v) is 6.90. The van der Waals surface area contributed by atoms with Gasteiger partial charge in [0.1, 0.15) is 5.75 Å². The van der Waals surface area contributed by atoms with Crippen LogP contribution >= 0.6 is 11.6 Å². The maximum atomic E-state index is 10.6. The van der Waals surface area contributed by atoms with Crippen LogP contribution in [-0.2, 0) is 12.8 Å². The number of aliphatic hydroxyl groups is 1. The molecule has 104 valence electrons. The zero-order valence-electron chi connectivity index (χ0n) is 11.6. The molecule has 1 aliphatic heterocycles. The van der Waals surface area contributed by atoms with Gasteiger partial charge >= 0.3 is 0 Å². The van der Waals surface area contributed by atoms with Crippen LogP contribution in [0.1, 0.15) is 37.8 Å². The van der Waals surface area contributed by atoms with E-state index in [9.17, 15) is 5.11 Å². The summed E-state index contributed by atoms with van der Waals surface area (Å²) in [6, 6.07) is 3.93. The standard InChI is InChI=1S/C16H21ClO2/c1-10(2)13-8-16(18,9-13)7-12-6-14(17)5-11-3-4-19-15(11)12/h5-6,10,13,18H,3-4,7-9H2,1-2H3. The fraction of sp³-hybridized carbons (Fsp3) is 0.625. The molecule has 0 bridgehead atoms. The Morgan fingerprint density at radius 2 is 2.16 bits per heavy atom. The molecule has 1 fully saturated rings. The third kappa shape index (κ3) is 2.48. The molecule has 0 atom stereocenters. The largest absolute Gasteiger partial charge is 0.493 e. The van der Waals surface area contributed by atoms with Crippen molar-refractivity contribution >= 4 is 11.6 Å². The van der Waals surface area contributed by atoms with Crippen LogP contribution in [0.4, 0.5) is 0 Å². The first-order valence-corrected chi connectivity index (χ1v) is 7.51. The first-order valence-electron chi connectivity index (χ1n) is 7.13. The number of benzene rings is 1. The van der Waals surface area contributed by atoms with Crippen molar-refractivity contribution in [3.8, 4) is 5.75 Å². The molecule has 2 nitrogen and oxygen atoms in total. The summed E-state index contributed by atoms with van der Waals surface area (Å²) in [5.74, 6) is 2.27. The van der Waals surface area contributed by atoms with Crippen LogP contribution in [0.2, 0.25) is 5.02 Å². The van der Waals surface area contributed by atoms with Crippen molar-refractivity contribution in [2.24, 2.45) is 11.8 Å². The molecule has 0 saturated heterocycles. The van der Waals surface area contributed by atoms with Gasteiger partial charge in [-0.15, -0.1) is 0 Å². The van der Waals surface area contributed by atoms with E-state index in [1.807, 2.05) is 12.1 Å². The number of fused-ring (bicyclic) bond motifs is 1. The van der Waals surface area contributed by atoms with Gasteiger partial charge in [-0.3, -0.25) is 0 Å². The molecular weight excluding hydrogens is 260 g/mol. The van der Waals surface area contributed by atoms with Crippen molar-refractivity contribution < 1.29 is 9.84 Å². The van der Waals surface area contributed by atoms with Crippen molar-refractivity contribution in [3.05, 3.63) is 28.3 Å². The smallest absolute Gasteiger partial charge is 0.126 e. The van der Waals surface area contributed by atoms with E-state index in [0.717, 1.165) is 42.2 Å². The van der Waals surface area contributed by atoms with Crippen LogP contribution in [0, 0.1) is 11.8 Å². The van der Waals surface area contributed by atoms with Crippen LogP contribution in [-0.4, -0.2) is 17.3 Å². The molecule has 3 rings (SSSR count). The van der Waals surface area contributed by atoms with Crippen molar-refractivity contribution in [1.29, 1.82) is 0 Å². The molecule has 1 heterocycles. The summed E-state index contributed by atoms with van der Waals surface area (Å²) in [5, 5.41) is 11.4. The fourth-order valence-electron chi connectivity index (χ4n) is 3.36. The SMILES string of the molecule is CC(C)C1CC(O)(Cc2cc(Cl)cc3c2OCC3)C1. The van der Waals surface area contributed by atoms with E-state index in [-0.39, 0.29) is 0 Å². The predicted octanol–water partition coefficient (Wildman–Crippen LogP) is 3.61. The Balaban J connectivity index is 1.78. The van der Waals surface area contributed by atoms with E-state index in [2.05, 4.69) is 13.8 Å². The lowest BCUT2D eigenvalue weighted by Crippen LogP contribution is -2.47. The van der Waals surface area contributed by atoms with E-state index in [0.29, 0.717) is 18.3 Å². The maximum absolute atomic E-state index is 10.6. The topological polar surface area (TPSA) is 29.5 Å². The first-order chi connectivity index (χ1) is 8.97. The van der Waals surface area contributed by atoms with Crippen molar-refractivity contribution in [3.63, 3.8) is 0 Å². The predicted molar refractivity (Wildman–Crippen MR) is 76.9 cm³/mol. The van der Waals surface area contributed by atoms with Crippen LogP contribution in [0.3, 0.4) is 0 Å². The normalized spacial score (nSPS) is 29.0. The number of ether oxygens (including phenoxy) is 1. The summed E-state index contributed by atoms with van der Waals surface area (Å²) in [4.78, 5) is 0. The highest BCUT2D eigenvalue weighted by Gasteiger charge is 2.44. The van der Waals surface area contributed by atoms with Crippen LogP contribution in [0.5, 0.6) is 5.75 Å². The zero-order valence-corrected chi connectivity index (χ0v) is 12.3. The molecule has 0 aromatic heterocycles. The van der Waals surface area contributed by atoms with Crippen LogP contribution in [0.15, 0.2) is 12.1 Å². The molecule has 1 N–H and O–H groups in total. The average Bonchev–Trinajstić information content (AvgIpc) is 2.73. The monoisotopic (exact) mass is 280 g/mol. The first kappa shape index (κ1) is 13.3. The maximum Gasteiger partial charge on any atom is 0.126 e. The van der Waals surface area contributed by atoms with Gasteiger partial charge in [0.2, 0.25) is 0 Å². The second-order valence-electron chi connectivity index (χ2n) is 6.47. The number of halogens is 1. The molecule has 1 aromatic rings. The second kappa shape index (κ2) is 4.68. The molecular formula is C16H21ClO2. The van der Waals surface area contributed by atoms with E-state index in [4.69, 9.17) is 16.3 Å². The molecule has 2 aliphatic rings. The Hall–Kier alpha value is -0.730. The average molecular weight is 281 g/mol. The van der Waals surface area contributed by atoms with Crippen molar-refractivity contribution in [2.45, 2.75) is 45.1 Å². The van der Waals surface area contributed by atoms with E-state index in [1.165, 1.54) is 5.56 Å². The highest BCUT2D eigenvalue weighted by Crippen LogP contribution is 2.46. The Labute approximate surface area is 119 Å². The minimum Gasteiger partial charge on any atom is -0.493 e. The third-order valence-electron chi connectivity index (χ3n) is 4.57. The molecule has 1 aliphatic carbocycles. The van der Waals surface area contributed by atoms with E-state index >= 15 is 0 Å². The molecule has 0 radical (unpaired) electrons. The fourth-order valence-corrected chi connectivity index (χ4v) is 3.63. The van der Waals surface area contributed by atoms with Gasteiger partial charge in [-0.2, -0.15) is 0 Å². The number of hydrogen-bond donors (Lipinski definition) is 1. The minimum atomic E-state index is -0.556. The van der Waals surface area contributed by atoms with Crippen molar-refractivity contribution in [2.75, 3.05) is 6.61 Å². The van der Waals surface area contributed by atoms with Gasteiger partial charge in [-0.25, -0.2) is 0 Å². The number of hydrogen-bond acceptors (Lipinski definition) is 2.